The van der Waals surface area contributed by atoms with Crippen LogP contribution in [0.4, 0.5) is 0 Å². The van der Waals surface area contributed by atoms with Gasteiger partial charge in [0.15, 0.2) is 0 Å². The van der Waals surface area contributed by atoms with Gasteiger partial charge < -0.3 is 4.74 Å². The lowest BCUT2D eigenvalue weighted by molar-refractivity contribution is 0.299. The maximum Gasteiger partial charge on any atom is 0.134 e. The fourth-order valence-corrected chi connectivity index (χ4v) is 1.81. The normalized spacial score (nSPS) is 10.5. The molecule has 0 bridgehead atoms. The molecule has 1 aromatic heterocycles. The maximum atomic E-state index is 5.88. The van der Waals surface area contributed by atoms with E-state index in [-0.39, 0.29) is 0 Å². The van der Waals surface area contributed by atoms with E-state index >= 15 is 0 Å². The number of aromatic nitrogens is 3. The number of rotatable bonds is 4. The number of hydrogen-bond donors (Lipinski definition) is 0. The van der Waals surface area contributed by atoms with Crippen molar-refractivity contribution in [2.45, 2.75) is 12.5 Å². The van der Waals surface area contributed by atoms with Gasteiger partial charge in [-0.1, -0.05) is 16.8 Å². The summed E-state index contributed by atoms with van der Waals surface area (Å²) in [5.41, 5.74) is 1.63. The van der Waals surface area contributed by atoms with Crippen LogP contribution in [0.2, 0.25) is 5.02 Å². The molecule has 0 atom stereocenters. The first-order valence-electron chi connectivity index (χ1n) is 5.01. The van der Waals surface area contributed by atoms with Gasteiger partial charge >= 0.3 is 0 Å². The molecule has 0 radical (unpaired) electrons. The van der Waals surface area contributed by atoms with E-state index in [0.717, 1.165) is 17.0 Å². The highest BCUT2D eigenvalue weighted by Crippen LogP contribution is 2.25. The van der Waals surface area contributed by atoms with Gasteiger partial charge in [0.25, 0.3) is 0 Å². The molecule has 0 spiro atoms. The molecule has 0 saturated heterocycles. The topological polar surface area (TPSA) is 39.9 Å². The van der Waals surface area contributed by atoms with Gasteiger partial charge in [-0.25, -0.2) is 0 Å². The first kappa shape index (κ1) is 12.2. The third-order valence-corrected chi connectivity index (χ3v) is 2.72. The molecule has 0 fully saturated rings. The highest BCUT2D eigenvalue weighted by Gasteiger charge is 2.05. The highest BCUT2D eigenvalue weighted by atomic mass is 35.5. The van der Waals surface area contributed by atoms with Gasteiger partial charge in [-0.15, -0.1) is 16.7 Å². The van der Waals surface area contributed by atoms with E-state index in [1.165, 1.54) is 0 Å². The van der Waals surface area contributed by atoms with Crippen molar-refractivity contribution < 1.29 is 4.74 Å². The first-order chi connectivity index (χ1) is 8.19. The lowest BCUT2D eigenvalue weighted by atomic mass is 10.2. The molecule has 0 saturated carbocycles. The summed E-state index contributed by atoms with van der Waals surface area (Å²) in [6, 6.07) is 5.36. The van der Waals surface area contributed by atoms with E-state index in [1.54, 1.807) is 29.1 Å². The lowest BCUT2D eigenvalue weighted by Crippen LogP contribution is -1.98. The number of benzene rings is 1. The van der Waals surface area contributed by atoms with Gasteiger partial charge in [-0.2, -0.15) is 0 Å². The van der Waals surface area contributed by atoms with Gasteiger partial charge in [0, 0.05) is 17.6 Å². The number of halogens is 2. The van der Waals surface area contributed by atoms with Crippen LogP contribution in [0.5, 0.6) is 5.75 Å². The van der Waals surface area contributed by atoms with E-state index in [0.29, 0.717) is 17.5 Å². The molecule has 0 amide bonds. The number of alkyl halides is 1. The van der Waals surface area contributed by atoms with E-state index in [2.05, 4.69) is 10.3 Å². The molecular formula is C11H11Cl2N3O. The summed E-state index contributed by atoms with van der Waals surface area (Å²) in [7, 11) is 1.81. The van der Waals surface area contributed by atoms with E-state index in [9.17, 15) is 0 Å². The van der Waals surface area contributed by atoms with Crippen molar-refractivity contribution in [3.05, 3.63) is 40.7 Å². The maximum absolute atomic E-state index is 5.88. The van der Waals surface area contributed by atoms with Crippen LogP contribution < -0.4 is 4.74 Å². The van der Waals surface area contributed by atoms with Gasteiger partial charge in [-0.05, 0) is 18.2 Å². The molecule has 17 heavy (non-hydrogen) atoms. The summed E-state index contributed by atoms with van der Waals surface area (Å²) in [5.74, 6) is 1.08. The van der Waals surface area contributed by atoms with Gasteiger partial charge in [-0.3, -0.25) is 4.68 Å². The Bertz CT molecular complexity index is 513. The molecule has 0 aliphatic carbocycles. The van der Waals surface area contributed by atoms with Crippen molar-refractivity contribution in [2.75, 3.05) is 0 Å². The van der Waals surface area contributed by atoms with Crippen molar-refractivity contribution in [3.8, 4) is 5.75 Å². The predicted octanol–water partition coefficient (Wildman–Crippen LogP) is 2.79. The van der Waals surface area contributed by atoms with Crippen molar-refractivity contribution in [3.63, 3.8) is 0 Å². The van der Waals surface area contributed by atoms with Crippen LogP contribution in [-0.4, -0.2) is 15.0 Å². The molecule has 0 N–H and O–H groups in total. The minimum absolute atomic E-state index is 0.358. The Labute approximate surface area is 109 Å². The van der Waals surface area contributed by atoms with Crippen LogP contribution in [0.25, 0.3) is 0 Å². The standard InChI is InChI=1S/C11H11Cl2N3O/c1-16-6-10(14-15-16)7-17-11-3-2-9(13)4-8(11)5-12/h2-4,6H,5,7H2,1H3. The van der Waals surface area contributed by atoms with Crippen molar-refractivity contribution in [1.29, 1.82) is 0 Å². The largest absolute Gasteiger partial charge is 0.487 e. The summed E-state index contributed by atoms with van der Waals surface area (Å²) < 4.78 is 7.25. The highest BCUT2D eigenvalue weighted by molar-refractivity contribution is 6.30. The Morgan fingerprint density at radius 1 is 1.41 bits per heavy atom. The summed E-state index contributed by atoms with van der Waals surface area (Å²) in [6.07, 6.45) is 1.80. The summed E-state index contributed by atoms with van der Waals surface area (Å²) in [5, 5.41) is 8.40. The number of hydrogen-bond acceptors (Lipinski definition) is 3. The van der Waals surface area contributed by atoms with Crippen LogP contribution in [0.3, 0.4) is 0 Å². The Morgan fingerprint density at radius 2 is 2.24 bits per heavy atom. The second-order valence-electron chi connectivity index (χ2n) is 3.56. The SMILES string of the molecule is Cn1cc(COc2ccc(Cl)cc2CCl)nn1. The summed E-state index contributed by atoms with van der Waals surface area (Å²) in [6.45, 7) is 0.360. The van der Waals surface area contributed by atoms with Crippen LogP contribution in [-0.2, 0) is 19.5 Å². The molecule has 2 aromatic rings. The third kappa shape index (κ3) is 3.11. The summed E-state index contributed by atoms with van der Waals surface area (Å²) in [4.78, 5) is 0. The quantitative estimate of drug-likeness (QED) is 0.803. The lowest BCUT2D eigenvalue weighted by Gasteiger charge is -2.08. The Morgan fingerprint density at radius 3 is 2.88 bits per heavy atom. The van der Waals surface area contributed by atoms with Crippen LogP contribution >= 0.6 is 23.2 Å². The molecule has 0 aliphatic rings. The molecule has 0 aliphatic heterocycles. The number of ether oxygens (including phenoxy) is 1. The predicted molar refractivity (Wildman–Crippen MR) is 66.3 cm³/mol. The number of aryl methyl sites for hydroxylation is 1. The van der Waals surface area contributed by atoms with Crippen LogP contribution in [0.15, 0.2) is 24.4 Å². The Balaban J connectivity index is 2.08. The van der Waals surface area contributed by atoms with Crippen LogP contribution in [0, 0.1) is 0 Å². The second-order valence-corrected chi connectivity index (χ2v) is 4.26. The van der Waals surface area contributed by atoms with E-state index < -0.39 is 0 Å². The third-order valence-electron chi connectivity index (χ3n) is 2.19. The molecule has 4 nitrogen and oxygen atoms in total. The fraction of sp³-hybridized carbons (Fsp3) is 0.273. The smallest absolute Gasteiger partial charge is 0.134 e. The van der Waals surface area contributed by atoms with Gasteiger partial charge in [0.2, 0.25) is 0 Å². The monoisotopic (exact) mass is 271 g/mol. The molecule has 0 unspecified atom stereocenters. The van der Waals surface area contributed by atoms with Crippen molar-refractivity contribution in [1.82, 2.24) is 15.0 Å². The molecule has 1 aromatic carbocycles. The van der Waals surface area contributed by atoms with Gasteiger partial charge in [0.05, 0.1) is 12.1 Å². The first-order valence-corrected chi connectivity index (χ1v) is 5.92. The zero-order valence-electron chi connectivity index (χ0n) is 9.23. The van der Waals surface area contributed by atoms with Crippen LogP contribution in [0.1, 0.15) is 11.3 Å². The average Bonchev–Trinajstić information content (AvgIpc) is 2.73. The minimum Gasteiger partial charge on any atom is -0.487 e. The Hall–Kier alpha value is -1.26. The molecule has 90 valence electrons. The van der Waals surface area contributed by atoms with E-state index in [4.69, 9.17) is 27.9 Å². The zero-order valence-corrected chi connectivity index (χ0v) is 10.7. The molecule has 2 rings (SSSR count). The van der Waals surface area contributed by atoms with Gasteiger partial charge in [0.1, 0.15) is 18.1 Å². The number of nitrogens with zero attached hydrogens (tertiary/aromatic N) is 3. The van der Waals surface area contributed by atoms with Crippen molar-refractivity contribution in [2.24, 2.45) is 7.05 Å². The Kier molecular flexibility index (Phi) is 3.86. The fourth-order valence-electron chi connectivity index (χ4n) is 1.41. The minimum atomic E-state index is 0.358. The molecule has 6 heteroatoms. The summed E-state index contributed by atoms with van der Waals surface area (Å²) >= 11 is 11.7. The van der Waals surface area contributed by atoms with E-state index in [1.807, 2.05) is 7.05 Å². The van der Waals surface area contributed by atoms with Crippen molar-refractivity contribution >= 4 is 23.2 Å². The second kappa shape index (κ2) is 5.38. The zero-order chi connectivity index (χ0) is 12.3. The molecular weight excluding hydrogens is 261 g/mol. The average molecular weight is 272 g/mol. The molecule has 1 heterocycles.